The number of fused-ring (bicyclic) bond motifs is 3. The lowest BCUT2D eigenvalue weighted by Gasteiger charge is -2.15. The Morgan fingerprint density at radius 1 is 1.19 bits per heavy atom. The third-order valence-corrected chi connectivity index (χ3v) is 5.87. The molecule has 1 N–H and O–H groups in total. The highest BCUT2D eigenvalue weighted by molar-refractivity contribution is 8.14. The Balaban J connectivity index is 1.65. The van der Waals surface area contributed by atoms with Gasteiger partial charge >= 0.3 is 0 Å². The molecule has 1 aromatic carbocycles. The van der Waals surface area contributed by atoms with Gasteiger partial charge in [0.15, 0.2) is 5.17 Å². The van der Waals surface area contributed by atoms with Crippen LogP contribution in [0, 0.1) is 0 Å². The van der Waals surface area contributed by atoms with Crippen LogP contribution in [0.1, 0.15) is 20.8 Å². The van der Waals surface area contributed by atoms with Crippen molar-refractivity contribution in [2.45, 2.75) is 12.8 Å². The molecule has 0 saturated heterocycles. The van der Waals surface area contributed by atoms with Crippen LogP contribution in [-0.2, 0) is 12.8 Å². The van der Waals surface area contributed by atoms with Gasteiger partial charge in [-0.3, -0.25) is 9.79 Å². The van der Waals surface area contributed by atoms with E-state index in [2.05, 4.69) is 34.6 Å². The van der Waals surface area contributed by atoms with Crippen LogP contribution in [0.5, 0.6) is 0 Å². The first-order chi connectivity index (χ1) is 10.3. The normalized spacial score (nSPS) is 16.1. The summed E-state index contributed by atoms with van der Waals surface area (Å²) in [5, 5.41) is 3.67. The van der Waals surface area contributed by atoms with Crippen LogP contribution in [0.25, 0.3) is 10.4 Å². The van der Waals surface area contributed by atoms with Crippen molar-refractivity contribution in [2.75, 3.05) is 12.3 Å². The van der Waals surface area contributed by atoms with Gasteiger partial charge in [0.05, 0.1) is 11.4 Å². The quantitative estimate of drug-likeness (QED) is 0.877. The number of carbonyl (C=O) groups is 1. The molecule has 0 atom stereocenters. The Bertz CT molecular complexity index is 748. The number of benzene rings is 1. The summed E-state index contributed by atoms with van der Waals surface area (Å²) in [4.78, 5) is 18.6. The number of amides is 1. The monoisotopic (exact) mass is 314 g/mol. The average Bonchev–Trinajstić information content (AvgIpc) is 3.15. The lowest BCUT2D eigenvalue weighted by atomic mass is 9.91. The lowest BCUT2D eigenvalue weighted by molar-refractivity contribution is 0.0982. The molecule has 21 heavy (non-hydrogen) atoms. The fourth-order valence-electron chi connectivity index (χ4n) is 2.75. The van der Waals surface area contributed by atoms with Crippen molar-refractivity contribution < 1.29 is 4.79 Å². The van der Waals surface area contributed by atoms with E-state index in [0.29, 0.717) is 0 Å². The van der Waals surface area contributed by atoms with E-state index in [9.17, 15) is 4.79 Å². The highest BCUT2D eigenvalue weighted by atomic mass is 32.2. The fraction of sp³-hybridized carbons (Fsp3) is 0.250. The van der Waals surface area contributed by atoms with Crippen LogP contribution >= 0.6 is 23.1 Å². The second-order valence-corrected chi connectivity index (χ2v) is 7.25. The van der Waals surface area contributed by atoms with E-state index < -0.39 is 0 Å². The van der Waals surface area contributed by atoms with Crippen molar-refractivity contribution in [1.82, 2.24) is 5.32 Å². The van der Waals surface area contributed by atoms with Crippen LogP contribution in [0.2, 0.25) is 0 Å². The molecule has 1 aliphatic heterocycles. The standard InChI is InChI=1S/C16H14N2OS2/c19-15(18-16-17-7-8-20-16)13-9-11-6-5-10-3-1-2-4-12(10)14(11)21-13/h1-4,9H,5-8H2,(H,17,18,19). The number of amidine groups is 1. The van der Waals surface area contributed by atoms with Crippen molar-refractivity contribution >= 4 is 34.2 Å². The van der Waals surface area contributed by atoms with E-state index in [4.69, 9.17) is 0 Å². The Labute approximate surface area is 131 Å². The average molecular weight is 314 g/mol. The largest absolute Gasteiger partial charge is 0.301 e. The minimum Gasteiger partial charge on any atom is -0.301 e. The van der Waals surface area contributed by atoms with Gasteiger partial charge < -0.3 is 5.32 Å². The number of hydrogen-bond donors (Lipinski definition) is 1. The fourth-order valence-corrected chi connectivity index (χ4v) is 4.64. The van der Waals surface area contributed by atoms with Gasteiger partial charge in [0, 0.05) is 10.6 Å². The molecule has 1 aliphatic carbocycles. The molecule has 2 aliphatic rings. The summed E-state index contributed by atoms with van der Waals surface area (Å²) in [6.07, 6.45) is 2.08. The van der Waals surface area contributed by atoms with Crippen LogP contribution in [0.15, 0.2) is 35.3 Å². The minimum atomic E-state index is -0.0277. The van der Waals surface area contributed by atoms with Gasteiger partial charge in [0.25, 0.3) is 5.91 Å². The minimum absolute atomic E-state index is 0.0277. The zero-order valence-electron chi connectivity index (χ0n) is 11.4. The number of aliphatic imine (C=N–C) groups is 1. The third kappa shape index (κ3) is 2.40. The SMILES string of the molecule is O=C(NC1=NCCS1)c1cc2c(s1)-c1ccccc1CC2. The maximum absolute atomic E-state index is 12.3. The van der Waals surface area contributed by atoms with Crippen LogP contribution < -0.4 is 5.32 Å². The molecule has 2 heterocycles. The predicted octanol–water partition coefficient (Wildman–Crippen LogP) is 3.35. The Kier molecular flexibility index (Phi) is 3.31. The molecular formula is C16H14N2OS2. The molecule has 1 amide bonds. The summed E-state index contributed by atoms with van der Waals surface area (Å²) in [6, 6.07) is 10.5. The second kappa shape index (κ2) is 5.31. The number of thioether (sulfide) groups is 1. The summed E-state index contributed by atoms with van der Waals surface area (Å²) in [5.74, 6) is 0.934. The zero-order valence-corrected chi connectivity index (χ0v) is 13.0. The zero-order chi connectivity index (χ0) is 14.2. The smallest absolute Gasteiger partial charge is 0.267 e. The molecular weight excluding hydrogens is 300 g/mol. The summed E-state index contributed by atoms with van der Waals surface area (Å²) >= 11 is 3.20. The van der Waals surface area contributed by atoms with Crippen molar-refractivity contribution in [3.05, 3.63) is 46.3 Å². The molecule has 3 nitrogen and oxygen atoms in total. The van der Waals surface area contributed by atoms with E-state index in [1.165, 1.54) is 21.6 Å². The van der Waals surface area contributed by atoms with E-state index in [-0.39, 0.29) is 5.91 Å². The summed E-state index contributed by atoms with van der Waals surface area (Å²) in [6.45, 7) is 0.800. The van der Waals surface area contributed by atoms with Gasteiger partial charge in [-0.25, -0.2) is 0 Å². The van der Waals surface area contributed by atoms with Crippen molar-refractivity contribution in [3.63, 3.8) is 0 Å². The first kappa shape index (κ1) is 13.1. The number of rotatable bonds is 1. The molecule has 0 unspecified atom stereocenters. The number of nitrogens with one attached hydrogen (secondary N) is 1. The van der Waals surface area contributed by atoms with Gasteiger partial charge in [0.2, 0.25) is 0 Å². The summed E-state index contributed by atoms with van der Waals surface area (Å²) < 4.78 is 0. The predicted molar refractivity (Wildman–Crippen MR) is 89.4 cm³/mol. The van der Waals surface area contributed by atoms with E-state index in [0.717, 1.165) is 35.2 Å². The first-order valence-electron chi connectivity index (χ1n) is 7.01. The number of nitrogens with zero attached hydrogens (tertiary/aromatic N) is 1. The molecule has 0 spiro atoms. The van der Waals surface area contributed by atoms with Crippen LogP contribution in [0.3, 0.4) is 0 Å². The highest BCUT2D eigenvalue weighted by Crippen LogP contribution is 2.39. The summed E-state index contributed by atoms with van der Waals surface area (Å²) in [5.41, 5.74) is 3.97. The highest BCUT2D eigenvalue weighted by Gasteiger charge is 2.22. The van der Waals surface area contributed by atoms with E-state index >= 15 is 0 Å². The second-order valence-electron chi connectivity index (χ2n) is 5.11. The maximum atomic E-state index is 12.3. The molecule has 0 saturated carbocycles. The molecule has 0 radical (unpaired) electrons. The molecule has 1 aromatic heterocycles. The number of aryl methyl sites for hydroxylation is 2. The Hall–Kier alpha value is -1.59. The van der Waals surface area contributed by atoms with E-state index in [1.807, 2.05) is 6.07 Å². The molecule has 0 fully saturated rings. The molecule has 0 bridgehead atoms. The molecule has 106 valence electrons. The maximum Gasteiger partial charge on any atom is 0.267 e. The number of hydrogen-bond acceptors (Lipinski definition) is 4. The molecule has 2 aromatic rings. The lowest BCUT2D eigenvalue weighted by Crippen LogP contribution is -2.26. The van der Waals surface area contributed by atoms with Gasteiger partial charge in [0.1, 0.15) is 0 Å². The van der Waals surface area contributed by atoms with Crippen molar-refractivity contribution in [2.24, 2.45) is 4.99 Å². The van der Waals surface area contributed by atoms with Gasteiger partial charge in [-0.05, 0) is 35.6 Å². The first-order valence-corrected chi connectivity index (χ1v) is 8.81. The van der Waals surface area contributed by atoms with Gasteiger partial charge in [-0.2, -0.15) is 0 Å². The molecule has 5 heteroatoms. The Morgan fingerprint density at radius 3 is 2.90 bits per heavy atom. The van der Waals surface area contributed by atoms with Crippen LogP contribution in [0.4, 0.5) is 0 Å². The van der Waals surface area contributed by atoms with Gasteiger partial charge in [-0.1, -0.05) is 36.0 Å². The van der Waals surface area contributed by atoms with Crippen molar-refractivity contribution in [3.8, 4) is 10.4 Å². The van der Waals surface area contributed by atoms with Crippen LogP contribution in [-0.4, -0.2) is 23.4 Å². The van der Waals surface area contributed by atoms with Gasteiger partial charge in [-0.15, -0.1) is 11.3 Å². The number of carbonyl (C=O) groups excluding carboxylic acids is 1. The van der Waals surface area contributed by atoms with Crippen molar-refractivity contribution in [1.29, 1.82) is 0 Å². The Morgan fingerprint density at radius 2 is 2.05 bits per heavy atom. The molecule has 4 rings (SSSR count). The number of thiophene rings is 1. The van der Waals surface area contributed by atoms with E-state index in [1.54, 1.807) is 23.1 Å². The third-order valence-electron chi connectivity index (χ3n) is 3.76. The topological polar surface area (TPSA) is 41.5 Å². The summed E-state index contributed by atoms with van der Waals surface area (Å²) in [7, 11) is 0.